The second-order valence-corrected chi connectivity index (χ2v) is 8.28. The molecule has 0 unspecified atom stereocenters. The molecule has 2 aliphatic heterocycles. The fourth-order valence-corrected chi connectivity index (χ4v) is 4.07. The maximum Gasteiger partial charge on any atom is 0.339 e. The molecule has 0 bridgehead atoms. The van der Waals surface area contributed by atoms with E-state index in [4.69, 9.17) is 9.84 Å². The summed E-state index contributed by atoms with van der Waals surface area (Å²) in [5.74, 6) is -2.37. The molecule has 1 fully saturated rings. The average Bonchev–Trinajstić information content (AvgIpc) is 3.08. The topological polar surface area (TPSA) is 175 Å². The van der Waals surface area contributed by atoms with Crippen molar-refractivity contribution in [1.29, 1.82) is 0 Å². The number of hydrogen-bond acceptors (Lipinski definition) is 8. The molecule has 0 atom stereocenters. The van der Waals surface area contributed by atoms with Gasteiger partial charge in [0.25, 0.3) is 0 Å². The summed E-state index contributed by atoms with van der Waals surface area (Å²) >= 11 is 0. The number of ether oxygens (including phenoxy) is 1. The third-order valence-corrected chi connectivity index (χ3v) is 5.70. The lowest BCUT2D eigenvalue weighted by Crippen LogP contribution is -2.57. The monoisotopic (exact) mass is 445 g/mol. The number of aromatic carboxylic acids is 1. The Bertz CT molecular complexity index is 1080. The van der Waals surface area contributed by atoms with Gasteiger partial charge in [0, 0.05) is 6.20 Å². The number of carbonyl (C=O) groups excluding carboxylic acids is 1. The van der Waals surface area contributed by atoms with Crippen LogP contribution in [0.4, 0.5) is 0 Å². The largest absolute Gasteiger partial charge is 0.583 e. The minimum Gasteiger partial charge on any atom is -0.583 e. The van der Waals surface area contributed by atoms with Crippen molar-refractivity contribution in [3.63, 3.8) is 0 Å². The van der Waals surface area contributed by atoms with Gasteiger partial charge in [0.1, 0.15) is 24.0 Å². The number of carbonyl (C=O) groups is 3. The van der Waals surface area contributed by atoms with Crippen LogP contribution < -0.4 is 4.74 Å². The second-order valence-electron chi connectivity index (χ2n) is 8.28. The van der Waals surface area contributed by atoms with E-state index in [0.29, 0.717) is 12.0 Å². The smallest absolute Gasteiger partial charge is 0.339 e. The molecular formula is C19H22BN4O8-. The number of aryl methyl sites for hydroxylation is 1. The van der Waals surface area contributed by atoms with Gasteiger partial charge in [-0.3, -0.25) is 9.59 Å². The SMILES string of the molecule is O=C(O)Cc1cn(CC(=O)N2CC(Oc3ccc4c(c3C(=O)O)C[B-](O)(O)CC4)C2)nn1. The molecule has 1 aromatic heterocycles. The molecule has 1 amide bonds. The zero-order valence-corrected chi connectivity index (χ0v) is 17.0. The molecule has 2 aromatic rings. The van der Waals surface area contributed by atoms with Gasteiger partial charge >= 0.3 is 11.9 Å². The van der Waals surface area contributed by atoms with E-state index in [0.717, 1.165) is 5.56 Å². The van der Waals surface area contributed by atoms with Gasteiger partial charge in [0.05, 0.1) is 25.2 Å². The third-order valence-electron chi connectivity index (χ3n) is 5.70. The van der Waals surface area contributed by atoms with E-state index in [-0.39, 0.29) is 61.6 Å². The Balaban J connectivity index is 1.38. The van der Waals surface area contributed by atoms with E-state index < -0.39 is 24.6 Å². The zero-order valence-electron chi connectivity index (χ0n) is 17.0. The Morgan fingerprint density at radius 3 is 2.62 bits per heavy atom. The van der Waals surface area contributed by atoms with Gasteiger partial charge in [-0.15, -0.1) is 17.7 Å². The highest BCUT2D eigenvalue weighted by atomic mass is 16.5. The quantitative estimate of drug-likeness (QED) is 0.385. The number of nitrogens with zero attached hydrogens (tertiary/aromatic N) is 4. The van der Waals surface area contributed by atoms with E-state index in [2.05, 4.69) is 10.3 Å². The molecule has 13 heteroatoms. The van der Waals surface area contributed by atoms with Gasteiger partial charge in [-0.1, -0.05) is 23.3 Å². The minimum absolute atomic E-state index is 0.0742. The number of aliphatic carboxylic acids is 1. The number of fused-ring (bicyclic) bond motifs is 1. The van der Waals surface area contributed by atoms with Crippen molar-refractivity contribution in [1.82, 2.24) is 19.9 Å². The van der Waals surface area contributed by atoms with Crippen LogP contribution in [0.25, 0.3) is 0 Å². The Morgan fingerprint density at radius 2 is 1.94 bits per heavy atom. The van der Waals surface area contributed by atoms with Crippen LogP contribution in [0.1, 0.15) is 27.2 Å². The fraction of sp³-hybridized carbons (Fsp3) is 0.421. The van der Waals surface area contributed by atoms with Crippen molar-refractivity contribution in [2.24, 2.45) is 0 Å². The Labute approximate surface area is 182 Å². The summed E-state index contributed by atoms with van der Waals surface area (Å²) in [6.07, 6.45) is 1.15. The van der Waals surface area contributed by atoms with E-state index >= 15 is 0 Å². The highest BCUT2D eigenvalue weighted by Gasteiger charge is 2.35. The summed E-state index contributed by atoms with van der Waals surface area (Å²) in [6.45, 7) is -2.24. The third kappa shape index (κ3) is 4.58. The number of benzene rings is 1. The van der Waals surface area contributed by atoms with E-state index in [1.807, 2.05) is 0 Å². The summed E-state index contributed by atoms with van der Waals surface area (Å²) in [4.78, 5) is 36.5. The van der Waals surface area contributed by atoms with E-state index in [1.54, 1.807) is 12.1 Å². The molecule has 12 nitrogen and oxygen atoms in total. The van der Waals surface area contributed by atoms with Gasteiger partial charge in [-0.2, -0.15) is 0 Å². The number of amides is 1. The lowest BCUT2D eigenvalue weighted by Gasteiger charge is -2.40. The van der Waals surface area contributed by atoms with E-state index in [1.165, 1.54) is 15.8 Å². The van der Waals surface area contributed by atoms with Crippen LogP contribution in [0.5, 0.6) is 5.75 Å². The van der Waals surface area contributed by atoms with Gasteiger partial charge in [-0.05, 0) is 11.6 Å². The average molecular weight is 445 g/mol. The number of hydrogen-bond donors (Lipinski definition) is 4. The maximum atomic E-state index is 12.4. The van der Waals surface area contributed by atoms with Crippen LogP contribution in [0.3, 0.4) is 0 Å². The van der Waals surface area contributed by atoms with Crippen molar-refractivity contribution < 1.29 is 39.4 Å². The molecule has 1 aromatic carbocycles. The summed E-state index contributed by atoms with van der Waals surface area (Å²) in [5, 5.41) is 45.9. The predicted molar refractivity (Wildman–Crippen MR) is 108 cm³/mol. The van der Waals surface area contributed by atoms with Crippen LogP contribution in [0.2, 0.25) is 6.32 Å². The molecular weight excluding hydrogens is 423 g/mol. The molecule has 170 valence electrons. The number of rotatable bonds is 7. The molecule has 0 aliphatic carbocycles. The second kappa shape index (κ2) is 8.24. The number of carboxylic acids is 2. The zero-order chi connectivity index (χ0) is 23.0. The summed E-state index contributed by atoms with van der Waals surface area (Å²) < 4.78 is 7.09. The highest BCUT2D eigenvalue weighted by molar-refractivity contribution is 6.64. The van der Waals surface area contributed by atoms with Crippen molar-refractivity contribution in [3.8, 4) is 5.75 Å². The normalized spacial score (nSPS) is 17.4. The molecule has 0 spiro atoms. The Kier molecular flexibility index (Phi) is 5.61. The van der Waals surface area contributed by atoms with Crippen LogP contribution in [0.15, 0.2) is 18.3 Å². The number of aromatic nitrogens is 3. The van der Waals surface area contributed by atoms with Crippen LogP contribution in [-0.4, -0.2) is 83.7 Å². The maximum absolute atomic E-state index is 12.4. The van der Waals surface area contributed by atoms with Gasteiger partial charge in [0.2, 0.25) is 12.5 Å². The Hall–Kier alpha value is -3.45. The summed E-state index contributed by atoms with van der Waals surface area (Å²) in [7, 11) is 0. The molecule has 3 heterocycles. The van der Waals surface area contributed by atoms with E-state index in [9.17, 15) is 29.5 Å². The number of likely N-dealkylation sites (tertiary alicyclic amines) is 1. The van der Waals surface area contributed by atoms with Crippen molar-refractivity contribution in [2.75, 3.05) is 13.1 Å². The van der Waals surface area contributed by atoms with Crippen molar-refractivity contribution >= 4 is 24.4 Å². The first-order valence-corrected chi connectivity index (χ1v) is 10.2. The van der Waals surface area contributed by atoms with Crippen molar-refractivity contribution in [3.05, 3.63) is 40.7 Å². The van der Waals surface area contributed by atoms with Crippen LogP contribution in [-0.2, 0) is 35.3 Å². The highest BCUT2D eigenvalue weighted by Crippen LogP contribution is 2.34. The first kappa shape index (κ1) is 21.8. The van der Waals surface area contributed by atoms with Gasteiger partial charge < -0.3 is 29.9 Å². The molecule has 0 radical (unpaired) electrons. The van der Waals surface area contributed by atoms with Gasteiger partial charge in [-0.25, -0.2) is 9.48 Å². The minimum atomic E-state index is -2.64. The lowest BCUT2D eigenvalue weighted by atomic mass is 9.47. The molecule has 0 saturated carbocycles. The summed E-state index contributed by atoms with van der Waals surface area (Å²) in [6, 6.07) is 3.31. The molecule has 2 aliphatic rings. The van der Waals surface area contributed by atoms with Crippen LogP contribution in [0, 0.1) is 0 Å². The van der Waals surface area contributed by atoms with Crippen molar-refractivity contribution in [2.45, 2.75) is 38.1 Å². The standard InChI is InChI=1S/C19H22BN4O8/c25-16(10-24-7-12(21-22-24)5-17(26)27)23-8-13(9-23)32-15-2-1-11-3-4-20(30,31)6-14(11)18(15)19(28)29/h1-2,7,13,30-31H,3-6,8-10H2,(H,26,27)(H,28,29)/q-1. The fourth-order valence-electron chi connectivity index (χ4n) is 4.07. The molecule has 4 N–H and O–H groups in total. The molecule has 1 saturated heterocycles. The first-order chi connectivity index (χ1) is 15.1. The first-order valence-electron chi connectivity index (χ1n) is 10.2. The molecule has 4 rings (SSSR count). The van der Waals surface area contributed by atoms with Crippen LogP contribution >= 0.6 is 0 Å². The van der Waals surface area contributed by atoms with Gasteiger partial charge in [0.15, 0.2) is 0 Å². The Morgan fingerprint density at radius 1 is 1.19 bits per heavy atom. The number of carboxylic acid groups (broad SMARTS) is 2. The predicted octanol–water partition coefficient (Wildman–Crippen LogP) is -1.04. The molecule has 32 heavy (non-hydrogen) atoms. The summed E-state index contributed by atoms with van der Waals surface area (Å²) in [5.41, 5.74) is 1.31. The lowest BCUT2D eigenvalue weighted by molar-refractivity contribution is -0.141.